The van der Waals surface area contributed by atoms with Crippen molar-refractivity contribution in [2.75, 3.05) is 6.61 Å². The molecule has 0 unspecified atom stereocenters. The molecular formula is C43H58O6. The van der Waals surface area contributed by atoms with Crippen molar-refractivity contribution in [3.05, 3.63) is 71.8 Å². The van der Waals surface area contributed by atoms with E-state index in [-0.39, 0.29) is 40.5 Å². The van der Waals surface area contributed by atoms with E-state index < -0.39 is 5.79 Å². The number of hydrogen-bond acceptors (Lipinski definition) is 6. The predicted octanol–water partition coefficient (Wildman–Crippen LogP) is 8.90. The Morgan fingerprint density at radius 3 is 2.29 bits per heavy atom. The quantitative estimate of drug-likeness (QED) is 0.176. The molecule has 0 N–H and O–H groups in total. The number of ether oxygens (including phenoxy) is 5. The van der Waals surface area contributed by atoms with Crippen LogP contribution in [0.4, 0.5) is 0 Å². The third-order valence-electron chi connectivity index (χ3n) is 14.7. The minimum Gasteiger partial charge on any atom is -0.466 e. The van der Waals surface area contributed by atoms with E-state index in [2.05, 4.69) is 88.4 Å². The molecule has 2 aromatic carbocycles. The zero-order valence-electron chi connectivity index (χ0n) is 30.4. The predicted molar refractivity (Wildman–Crippen MR) is 188 cm³/mol. The molecule has 4 aliphatic carbocycles. The van der Waals surface area contributed by atoms with Gasteiger partial charge in [-0.2, -0.15) is 0 Å². The molecule has 2 heterocycles. The maximum atomic E-state index is 11.4. The highest BCUT2D eigenvalue weighted by molar-refractivity contribution is 5.65. The Labute approximate surface area is 293 Å². The first-order valence-corrected chi connectivity index (χ1v) is 19.4. The monoisotopic (exact) mass is 670 g/mol. The molecule has 0 spiro atoms. The van der Waals surface area contributed by atoms with Gasteiger partial charge in [-0.05, 0) is 110 Å². The van der Waals surface area contributed by atoms with E-state index in [0.717, 1.165) is 32.1 Å². The fourth-order valence-corrected chi connectivity index (χ4v) is 12.4. The smallest absolute Gasteiger partial charge is 0.302 e. The maximum absolute atomic E-state index is 11.4. The Hall–Kier alpha value is -2.25. The molecule has 8 rings (SSSR count). The minimum absolute atomic E-state index is 0.0999. The molecule has 0 bridgehead atoms. The molecule has 266 valence electrons. The highest BCUT2D eigenvalue weighted by Gasteiger charge is 2.84. The first-order valence-electron chi connectivity index (χ1n) is 19.4. The number of benzene rings is 2. The fraction of sp³-hybridized carbons (Fsp3) is 0.698. The summed E-state index contributed by atoms with van der Waals surface area (Å²) in [5, 5.41) is 0. The molecule has 6 nitrogen and oxygen atoms in total. The van der Waals surface area contributed by atoms with Crippen molar-refractivity contribution in [3.63, 3.8) is 0 Å². The standard InChI is InChI=1S/C43H58O6/c1-28(25-45-29(2)44)18-21-43-42(5,49-43)39-36(48-43)23-35-34-17-16-32-22-33(46-26-30-12-8-6-9-13-30)19-20-40(32,3)38(34)37(24-41(35,39)4)47-27-31-14-10-7-11-15-31/h6-15,28,32-39H,16-27H2,1-5H3/t28-,32+,33-,34+,35+,36+,37+,38-,39+,40+,41+,42-,43-/m1/s1. The lowest BCUT2D eigenvalue weighted by atomic mass is 9.43. The normalized spacial score (nSPS) is 43.8. The summed E-state index contributed by atoms with van der Waals surface area (Å²) in [4.78, 5) is 11.4. The van der Waals surface area contributed by atoms with Crippen LogP contribution in [0.2, 0.25) is 0 Å². The number of fused-ring (bicyclic) bond motifs is 9. The van der Waals surface area contributed by atoms with Crippen LogP contribution in [0.15, 0.2) is 60.7 Å². The summed E-state index contributed by atoms with van der Waals surface area (Å²) in [6.07, 6.45) is 10.8. The topological polar surface area (TPSA) is 66.5 Å². The van der Waals surface area contributed by atoms with Crippen LogP contribution in [0, 0.1) is 46.3 Å². The zero-order valence-corrected chi connectivity index (χ0v) is 30.4. The van der Waals surface area contributed by atoms with Gasteiger partial charge in [0.1, 0.15) is 5.60 Å². The largest absolute Gasteiger partial charge is 0.466 e. The SMILES string of the molecule is CC(=O)OC[C@H](C)CC[C@]12O[C@H]3C[C@H]4[C@@H]5CC[C@H]6C[C@H](OCc7ccccc7)CC[C@]6(C)[C@H]5[C@@H](OCc5ccccc5)C[C@]4(C)[C@H]3[C@@]1(C)O2. The van der Waals surface area contributed by atoms with Crippen molar-refractivity contribution in [1.29, 1.82) is 0 Å². The van der Waals surface area contributed by atoms with E-state index in [9.17, 15) is 4.79 Å². The number of carbonyl (C=O) groups excluding carboxylic acids is 1. The van der Waals surface area contributed by atoms with Crippen molar-refractivity contribution >= 4 is 5.97 Å². The molecule has 0 radical (unpaired) electrons. The highest BCUT2D eigenvalue weighted by Crippen LogP contribution is 2.77. The van der Waals surface area contributed by atoms with Gasteiger partial charge in [0.15, 0.2) is 5.79 Å². The second-order valence-electron chi connectivity index (χ2n) is 17.6. The number of epoxide rings is 1. The van der Waals surface area contributed by atoms with E-state index in [0.29, 0.717) is 55.5 Å². The summed E-state index contributed by atoms with van der Waals surface area (Å²) in [5.41, 5.74) is 2.61. The maximum Gasteiger partial charge on any atom is 0.302 e. The average Bonchev–Trinajstić information content (AvgIpc) is 3.41. The van der Waals surface area contributed by atoms with Crippen molar-refractivity contribution in [2.24, 2.45) is 46.3 Å². The first kappa shape index (κ1) is 33.9. The molecule has 2 aromatic rings. The molecule has 4 saturated carbocycles. The Morgan fingerprint density at radius 1 is 0.898 bits per heavy atom. The van der Waals surface area contributed by atoms with Crippen LogP contribution >= 0.6 is 0 Å². The third-order valence-corrected chi connectivity index (χ3v) is 14.7. The van der Waals surface area contributed by atoms with Crippen LogP contribution < -0.4 is 0 Å². The van der Waals surface area contributed by atoms with Crippen LogP contribution in [0.1, 0.15) is 104 Å². The van der Waals surface area contributed by atoms with Crippen molar-refractivity contribution < 1.29 is 28.5 Å². The van der Waals surface area contributed by atoms with E-state index in [1.165, 1.54) is 43.7 Å². The first-order chi connectivity index (χ1) is 23.5. The second kappa shape index (κ2) is 12.8. The van der Waals surface area contributed by atoms with Gasteiger partial charge in [-0.1, -0.05) is 81.4 Å². The van der Waals surface area contributed by atoms with E-state index in [1.54, 1.807) is 0 Å². The van der Waals surface area contributed by atoms with Crippen LogP contribution in [0.25, 0.3) is 0 Å². The Morgan fingerprint density at radius 2 is 1.59 bits per heavy atom. The molecule has 6 aliphatic rings. The van der Waals surface area contributed by atoms with Gasteiger partial charge in [0, 0.05) is 19.3 Å². The molecule has 0 amide bonds. The second-order valence-corrected chi connectivity index (χ2v) is 17.6. The summed E-state index contributed by atoms with van der Waals surface area (Å²) in [7, 11) is 0. The summed E-state index contributed by atoms with van der Waals surface area (Å²) in [6, 6.07) is 21.4. The molecule has 13 atom stereocenters. The molecule has 49 heavy (non-hydrogen) atoms. The molecular weight excluding hydrogens is 612 g/mol. The Balaban J connectivity index is 1.02. The summed E-state index contributed by atoms with van der Waals surface area (Å²) in [6.45, 7) is 13.0. The lowest BCUT2D eigenvalue weighted by Crippen LogP contribution is -2.60. The van der Waals surface area contributed by atoms with E-state index in [4.69, 9.17) is 23.7 Å². The van der Waals surface area contributed by atoms with Gasteiger partial charge in [0.25, 0.3) is 0 Å². The van der Waals surface area contributed by atoms with Crippen LogP contribution in [0.3, 0.4) is 0 Å². The van der Waals surface area contributed by atoms with Crippen molar-refractivity contribution in [1.82, 2.24) is 0 Å². The molecule has 6 fully saturated rings. The van der Waals surface area contributed by atoms with Gasteiger partial charge < -0.3 is 23.7 Å². The van der Waals surface area contributed by atoms with Gasteiger partial charge in [-0.15, -0.1) is 0 Å². The Bertz CT molecular complexity index is 1480. The van der Waals surface area contributed by atoms with E-state index >= 15 is 0 Å². The summed E-state index contributed by atoms with van der Waals surface area (Å²) >= 11 is 0. The number of hydrogen-bond donors (Lipinski definition) is 0. The van der Waals surface area contributed by atoms with Gasteiger partial charge in [-0.3, -0.25) is 4.79 Å². The highest BCUT2D eigenvalue weighted by atomic mass is 16.8. The fourth-order valence-electron chi connectivity index (χ4n) is 12.4. The number of rotatable bonds is 11. The van der Waals surface area contributed by atoms with Crippen LogP contribution in [-0.2, 0) is 41.7 Å². The van der Waals surface area contributed by atoms with Crippen LogP contribution in [-0.4, -0.2) is 42.3 Å². The Kier molecular flexibility index (Phi) is 8.82. The summed E-state index contributed by atoms with van der Waals surface area (Å²) in [5.74, 6) is 2.40. The molecule has 6 heteroatoms. The summed E-state index contributed by atoms with van der Waals surface area (Å²) < 4.78 is 32.8. The van der Waals surface area contributed by atoms with Gasteiger partial charge in [0.2, 0.25) is 0 Å². The van der Waals surface area contributed by atoms with Gasteiger partial charge in [0.05, 0.1) is 38.1 Å². The van der Waals surface area contributed by atoms with Gasteiger partial charge >= 0.3 is 5.97 Å². The number of carbonyl (C=O) groups is 1. The van der Waals surface area contributed by atoms with Crippen molar-refractivity contribution in [3.8, 4) is 0 Å². The lowest BCUT2D eigenvalue weighted by Gasteiger charge is -2.63. The van der Waals surface area contributed by atoms with Crippen molar-refractivity contribution in [2.45, 2.75) is 135 Å². The minimum atomic E-state index is -0.500. The average molecular weight is 671 g/mol. The third kappa shape index (κ3) is 5.81. The van der Waals surface area contributed by atoms with Gasteiger partial charge in [-0.25, -0.2) is 0 Å². The van der Waals surface area contributed by atoms with Crippen LogP contribution in [0.5, 0.6) is 0 Å². The van der Waals surface area contributed by atoms with E-state index in [1.807, 2.05) is 0 Å². The molecule has 2 saturated heterocycles. The zero-order chi connectivity index (χ0) is 34.0. The molecule has 2 aliphatic heterocycles. The lowest BCUT2D eigenvalue weighted by molar-refractivity contribution is -0.201. The molecule has 0 aromatic heterocycles. The number of esters is 1.